The summed E-state index contributed by atoms with van der Waals surface area (Å²) in [5.74, 6) is -6.65. The zero-order valence-electron chi connectivity index (χ0n) is 24.5. The second kappa shape index (κ2) is 12.9. The molecule has 0 radical (unpaired) electrons. The number of carbonyl (C=O) groups is 2. The van der Waals surface area contributed by atoms with Crippen LogP contribution in [0.1, 0.15) is 57.8 Å². The Morgan fingerprint density at radius 2 is 1.84 bits per heavy atom. The van der Waals surface area contributed by atoms with Crippen molar-refractivity contribution in [2.75, 3.05) is 13.6 Å². The van der Waals surface area contributed by atoms with E-state index in [0.29, 0.717) is 12.8 Å². The van der Waals surface area contributed by atoms with Crippen LogP contribution in [0.3, 0.4) is 0 Å². The van der Waals surface area contributed by atoms with E-state index in [0.717, 1.165) is 23.1 Å². The van der Waals surface area contributed by atoms with E-state index in [1.54, 1.807) is 14.0 Å². The number of benzene rings is 1. The Hall–Kier alpha value is -4.05. The average molecular weight is 627 g/mol. The molecule has 0 spiro atoms. The third-order valence-corrected chi connectivity index (χ3v) is 7.65. The molecule has 0 saturated carbocycles. The molecule has 1 aromatic heterocycles. The molecule has 2 aliphatic rings. The molecule has 4 rings (SSSR count). The van der Waals surface area contributed by atoms with Crippen molar-refractivity contribution < 1.29 is 46.6 Å². The standard InChI is InChI=1S/C28H34F4N6O6/c1-15(18-13-28(31,32)14-37(18)4)42-20-9-6-10-21(38(20)26(40)41)43-19-11-12-34-24(35-19)23(33)36-44-25(39)27(2,3)22-16(29)7-5-8-17(22)30/h5,7-8,11-12,15,18,20-21H,6,9-10,13-14H2,1-4H3,(H2,33,36)(H,40,41)/t15-,18-,20?,21?/m0/s1. The minimum atomic E-state index is -2.86. The first-order valence-corrected chi connectivity index (χ1v) is 13.8. The number of carboxylic acid groups (broad SMARTS) is 1. The Balaban J connectivity index is 1.44. The minimum Gasteiger partial charge on any atom is -0.465 e. The zero-order chi connectivity index (χ0) is 32.4. The summed E-state index contributed by atoms with van der Waals surface area (Å²) in [6, 6.07) is 3.92. The zero-order valence-corrected chi connectivity index (χ0v) is 24.5. The summed E-state index contributed by atoms with van der Waals surface area (Å²) in [4.78, 5) is 40.3. The third-order valence-electron chi connectivity index (χ3n) is 7.65. The van der Waals surface area contributed by atoms with Crippen LogP contribution in [0.5, 0.6) is 5.88 Å². The van der Waals surface area contributed by atoms with Crippen molar-refractivity contribution in [3.8, 4) is 5.88 Å². The molecule has 1 aromatic carbocycles. The van der Waals surface area contributed by atoms with Crippen LogP contribution in [-0.4, -0.2) is 86.9 Å². The van der Waals surface area contributed by atoms with Crippen molar-refractivity contribution in [3.05, 3.63) is 53.5 Å². The number of rotatable bonds is 9. The highest BCUT2D eigenvalue weighted by atomic mass is 19.3. The van der Waals surface area contributed by atoms with Crippen LogP contribution in [-0.2, 0) is 19.8 Å². The van der Waals surface area contributed by atoms with Gasteiger partial charge in [-0.1, -0.05) is 11.2 Å². The number of likely N-dealkylation sites (tertiary alicyclic amines) is 2. The lowest BCUT2D eigenvalue weighted by Crippen LogP contribution is -2.55. The number of carbonyl (C=O) groups excluding carboxylic acids is 1. The topological polar surface area (TPSA) is 153 Å². The molecule has 12 nitrogen and oxygen atoms in total. The molecule has 16 heteroatoms. The maximum atomic E-state index is 14.3. The lowest BCUT2D eigenvalue weighted by molar-refractivity contribution is -0.160. The molecule has 1 amide bonds. The number of oxime groups is 1. The molecule has 0 bridgehead atoms. The Bertz CT molecular complexity index is 1390. The Morgan fingerprint density at radius 3 is 2.45 bits per heavy atom. The molecule has 2 aromatic rings. The number of halogens is 4. The highest BCUT2D eigenvalue weighted by molar-refractivity contribution is 5.94. The number of aromatic nitrogens is 2. The van der Waals surface area contributed by atoms with Crippen molar-refractivity contribution in [2.24, 2.45) is 10.9 Å². The molecular weight excluding hydrogens is 592 g/mol. The van der Waals surface area contributed by atoms with Gasteiger partial charge in [0.05, 0.1) is 18.1 Å². The fourth-order valence-corrected chi connectivity index (χ4v) is 5.41. The molecule has 44 heavy (non-hydrogen) atoms. The summed E-state index contributed by atoms with van der Waals surface area (Å²) in [6.07, 6.45) is -2.06. The SMILES string of the molecule is C[C@H](OC1CCCC(Oc2ccnc(C(N)=NOC(=O)C(C)(C)c3c(F)cccc3F)n2)N1C(=O)O)[C@@H]1CC(F)(F)CN1C. The van der Waals surface area contributed by atoms with Gasteiger partial charge in [0, 0.05) is 36.7 Å². The van der Waals surface area contributed by atoms with Gasteiger partial charge < -0.3 is 25.2 Å². The van der Waals surface area contributed by atoms with Crippen LogP contribution in [0, 0.1) is 11.6 Å². The van der Waals surface area contributed by atoms with Gasteiger partial charge in [0.25, 0.3) is 5.92 Å². The van der Waals surface area contributed by atoms with Crippen LogP contribution in [0.15, 0.2) is 35.6 Å². The monoisotopic (exact) mass is 626 g/mol. The number of ether oxygens (including phenoxy) is 2. The van der Waals surface area contributed by atoms with Crippen molar-refractivity contribution in [3.63, 3.8) is 0 Å². The molecule has 3 heterocycles. The number of alkyl halides is 2. The van der Waals surface area contributed by atoms with E-state index in [2.05, 4.69) is 15.1 Å². The van der Waals surface area contributed by atoms with Crippen molar-refractivity contribution in [1.29, 1.82) is 0 Å². The summed E-state index contributed by atoms with van der Waals surface area (Å²) in [5, 5.41) is 13.5. The molecule has 2 saturated heterocycles. The van der Waals surface area contributed by atoms with Gasteiger partial charge in [-0.15, -0.1) is 0 Å². The summed E-state index contributed by atoms with van der Waals surface area (Å²) in [6.45, 7) is 3.73. The third kappa shape index (κ3) is 7.18. The van der Waals surface area contributed by atoms with E-state index in [1.165, 1.54) is 31.0 Å². The van der Waals surface area contributed by atoms with Gasteiger partial charge in [0.15, 0.2) is 6.23 Å². The molecule has 240 valence electrons. The first kappa shape index (κ1) is 32.9. The van der Waals surface area contributed by atoms with Crippen LogP contribution in [0.4, 0.5) is 22.4 Å². The number of nitrogens with zero attached hydrogens (tertiary/aromatic N) is 5. The Morgan fingerprint density at radius 1 is 1.18 bits per heavy atom. The van der Waals surface area contributed by atoms with Gasteiger partial charge in [-0.3, -0.25) is 4.90 Å². The number of amides is 1. The number of nitrogens with two attached hydrogens (primary N) is 1. The van der Waals surface area contributed by atoms with Gasteiger partial charge in [-0.25, -0.2) is 37.0 Å². The molecule has 2 aliphatic heterocycles. The van der Waals surface area contributed by atoms with Gasteiger partial charge in [-0.2, -0.15) is 4.98 Å². The summed E-state index contributed by atoms with van der Waals surface area (Å²) >= 11 is 0. The fraction of sp³-hybridized carbons (Fsp3) is 0.536. The van der Waals surface area contributed by atoms with E-state index in [-0.39, 0.29) is 18.1 Å². The number of hydrogen-bond donors (Lipinski definition) is 2. The van der Waals surface area contributed by atoms with Crippen molar-refractivity contribution >= 4 is 17.9 Å². The lowest BCUT2D eigenvalue weighted by Gasteiger charge is -2.41. The molecule has 2 unspecified atom stereocenters. The summed E-state index contributed by atoms with van der Waals surface area (Å²) in [7, 11) is 1.57. The maximum absolute atomic E-state index is 14.3. The van der Waals surface area contributed by atoms with Crippen molar-refractivity contribution in [2.45, 2.75) is 82.4 Å². The normalized spacial score (nSPS) is 23.3. The van der Waals surface area contributed by atoms with E-state index in [1.807, 2.05) is 0 Å². The van der Waals surface area contributed by atoms with Crippen LogP contribution < -0.4 is 10.5 Å². The molecule has 2 fully saturated rings. The quantitative estimate of drug-likeness (QED) is 0.138. The molecule has 4 atom stereocenters. The Labute approximate surface area is 250 Å². The second-order valence-corrected chi connectivity index (χ2v) is 11.3. The highest BCUT2D eigenvalue weighted by Gasteiger charge is 2.47. The van der Waals surface area contributed by atoms with Crippen LogP contribution in [0.25, 0.3) is 0 Å². The van der Waals surface area contributed by atoms with Gasteiger partial charge in [0.1, 0.15) is 17.9 Å². The second-order valence-electron chi connectivity index (χ2n) is 11.3. The van der Waals surface area contributed by atoms with E-state index < -0.39 is 84.0 Å². The van der Waals surface area contributed by atoms with Crippen LogP contribution >= 0.6 is 0 Å². The largest absolute Gasteiger partial charge is 0.465 e. The van der Waals surface area contributed by atoms with Gasteiger partial charge >= 0.3 is 12.1 Å². The molecular formula is C28H34F4N6O6. The average Bonchev–Trinajstić information content (AvgIpc) is 3.23. The first-order valence-electron chi connectivity index (χ1n) is 13.8. The number of likely N-dealkylation sites (N-methyl/N-ethyl adjacent to an activating group) is 1. The van der Waals surface area contributed by atoms with E-state index in [9.17, 15) is 32.3 Å². The van der Waals surface area contributed by atoms with Gasteiger partial charge in [0.2, 0.25) is 17.5 Å². The smallest absolute Gasteiger partial charge is 0.412 e. The maximum Gasteiger partial charge on any atom is 0.412 e. The number of amidine groups is 1. The predicted molar refractivity (Wildman–Crippen MR) is 147 cm³/mol. The first-order chi connectivity index (χ1) is 20.6. The molecule has 3 N–H and O–H groups in total. The number of piperidine rings is 1. The Kier molecular flexibility index (Phi) is 9.63. The predicted octanol–water partition coefficient (Wildman–Crippen LogP) is 3.84. The lowest BCUT2D eigenvalue weighted by atomic mass is 9.84. The van der Waals surface area contributed by atoms with E-state index >= 15 is 0 Å². The molecule has 0 aliphatic carbocycles. The van der Waals surface area contributed by atoms with Gasteiger partial charge in [-0.05, 0) is 52.8 Å². The van der Waals surface area contributed by atoms with E-state index in [4.69, 9.17) is 20.0 Å². The summed E-state index contributed by atoms with van der Waals surface area (Å²) in [5.41, 5.74) is 3.62. The van der Waals surface area contributed by atoms with Crippen molar-refractivity contribution in [1.82, 2.24) is 19.8 Å². The fourth-order valence-electron chi connectivity index (χ4n) is 5.41. The number of hydrogen-bond acceptors (Lipinski definition) is 9. The summed E-state index contributed by atoms with van der Waals surface area (Å²) < 4.78 is 68.2. The minimum absolute atomic E-state index is 0.0895. The van der Waals surface area contributed by atoms with Crippen LogP contribution in [0.2, 0.25) is 0 Å². The highest BCUT2D eigenvalue weighted by Crippen LogP contribution is 2.35.